The van der Waals surface area contributed by atoms with E-state index in [4.69, 9.17) is 9.84 Å². The van der Waals surface area contributed by atoms with Gasteiger partial charge in [0, 0.05) is 19.3 Å². The molecule has 1 saturated heterocycles. The first kappa shape index (κ1) is 16.1. The van der Waals surface area contributed by atoms with Crippen LogP contribution in [0.3, 0.4) is 0 Å². The fourth-order valence-corrected chi connectivity index (χ4v) is 2.27. The molecule has 1 heterocycles. The van der Waals surface area contributed by atoms with E-state index in [0.29, 0.717) is 11.7 Å². The number of carbonyl (C=O) groups is 2. The lowest BCUT2D eigenvalue weighted by atomic mass is 10.1. The highest BCUT2D eigenvalue weighted by molar-refractivity contribution is 5.98. The van der Waals surface area contributed by atoms with Gasteiger partial charge in [0.1, 0.15) is 6.04 Å². The summed E-state index contributed by atoms with van der Waals surface area (Å²) in [5.41, 5.74) is 1.46. The first-order chi connectivity index (χ1) is 10.6. The number of nitrogens with one attached hydrogen (secondary N) is 3. The number of benzene rings is 1. The normalized spacial score (nSPS) is 16.6. The highest BCUT2D eigenvalue weighted by Crippen LogP contribution is 2.24. The maximum Gasteiger partial charge on any atom is 0.405 e. The van der Waals surface area contributed by atoms with E-state index in [-0.39, 0.29) is 0 Å². The zero-order valence-electron chi connectivity index (χ0n) is 12.5. The molecule has 7 heteroatoms. The van der Waals surface area contributed by atoms with Gasteiger partial charge in [0.05, 0.1) is 11.4 Å². The van der Waals surface area contributed by atoms with Crippen molar-refractivity contribution in [2.45, 2.75) is 31.8 Å². The van der Waals surface area contributed by atoms with Gasteiger partial charge in [-0.1, -0.05) is 12.1 Å². The molecule has 0 aromatic heterocycles. The molecule has 22 heavy (non-hydrogen) atoms. The summed E-state index contributed by atoms with van der Waals surface area (Å²) >= 11 is 0. The topological polar surface area (TPSA) is 99.7 Å². The van der Waals surface area contributed by atoms with Gasteiger partial charge in [-0.25, -0.2) is 4.79 Å². The average molecular weight is 307 g/mol. The largest absolute Gasteiger partial charge is 0.465 e. The van der Waals surface area contributed by atoms with Gasteiger partial charge in [-0.15, -0.1) is 0 Å². The van der Waals surface area contributed by atoms with Crippen molar-refractivity contribution < 1.29 is 19.4 Å². The van der Waals surface area contributed by atoms with E-state index in [2.05, 4.69) is 16.0 Å². The van der Waals surface area contributed by atoms with E-state index in [0.717, 1.165) is 31.7 Å². The number of amides is 2. The molecule has 1 aromatic carbocycles. The van der Waals surface area contributed by atoms with Gasteiger partial charge in [0.2, 0.25) is 5.91 Å². The van der Waals surface area contributed by atoms with Crippen LogP contribution in [-0.2, 0) is 9.53 Å². The Balaban J connectivity index is 2.01. The molecule has 7 nitrogen and oxygen atoms in total. The summed E-state index contributed by atoms with van der Waals surface area (Å²) in [4.78, 5) is 22.6. The van der Waals surface area contributed by atoms with E-state index in [1.54, 1.807) is 6.07 Å². The Labute approximate surface area is 129 Å². The Bertz CT molecular complexity index is 529. The Kier molecular flexibility index (Phi) is 5.60. The predicted molar refractivity (Wildman–Crippen MR) is 83.2 cm³/mol. The molecule has 120 valence electrons. The quantitative estimate of drug-likeness (QED) is 0.665. The number of carbonyl (C=O) groups excluding carboxylic acids is 1. The van der Waals surface area contributed by atoms with Gasteiger partial charge in [0.25, 0.3) is 0 Å². The van der Waals surface area contributed by atoms with Crippen molar-refractivity contribution in [1.29, 1.82) is 0 Å². The Morgan fingerprint density at radius 2 is 1.86 bits per heavy atom. The highest BCUT2D eigenvalue weighted by Gasteiger charge is 2.18. The third-order valence-corrected chi connectivity index (χ3v) is 3.50. The molecule has 2 amide bonds. The first-order valence-corrected chi connectivity index (χ1v) is 7.30. The Morgan fingerprint density at radius 3 is 2.50 bits per heavy atom. The van der Waals surface area contributed by atoms with Crippen molar-refractivity contribution in [3.05, 3.63) is 24.3 Å². The number of para-hydroxylation sites is 2. The smallest absolute Gasteiger partial charge is 0.405 e. The van der Waals surface area contributed by atoms with Crippen LogP contribution >= 0.6 is 0 Å². The van der Waals surface area contributed by atoms with E-state index < -0.39 is 18.0 Å². The van der Waals surface area contributed by atoms with Gasteiger partial charge in [-0.3, -0.25) is 4.79 Å². The lowest BCUT2D eigenvalue weighted by Crippen LogP contribution is -2.41. The van der Waals surface area contributed by atoms with Crippen LogP contribution in [0.4, 0.5) is 16.2 Å². The van der Waals surface area contributed by atoms with E-state index in [1.165, 1.54) is 6.92 Å². The third-order valence-electron chi connectivity index (χ3n) is 3.50. The minimum atomic E-state index is -1.23. The van der Waals surface area contributed by atoms with Gasteiger partial charge in [0.15, 0.2) is 0 Å². The van der Waals surface area contributed by atoms with Crippen molar-refractivity contribution in [3.8, 4) is 0 Å². The number of hydrogen-bond acceptors (Lipinski definition) is 4. The number of anilines is 2. The molecule has 1 aromatic rings. The molecule has 1 aliphatic heterocycles. The van der Waals surface area contributed by atoms with Crippen molar-refractivity contribution >= 4 is 23.4 Å². The Morgan fingerprint density at radius 1 is 1.23 bits per heavy atom. The van der Waals surface area contributed by atoms with Crippen molar-refractivity contribution in [2.75, 3.05) is 23.8 Å². The SMILES string of the molecule is C[C@H](NC(=O)O)C(=O)Nc1ccccc1NC1CCOCC1. The molecule has 0 bridgehead atoms. The summed E-state index contributed by atoms with van der Waals surface area (Å²) in [5.74, 6) is -0.399. The van der Waals surface area contributed by atoms with Gasteiger partial charge in [-0.2, -0.15) is 0 Å². The van der Waals surface area contributed by atoms with Crippen LogP contribution in [0, 0.1) is 0 Å². The molecule has 2 rings (SSSR count). The zero-order chi connectivity index (χ0) is 15.9. The second-order valence-corrected chi connectivity index (χ2v) is 5.24. The molecule has 1 atom stereocenters. The lowest BCUT2D eigenvalue weighted by Gasteiger charge is -2.25. The Hall–Kier alpha value is -2.28. The van der Waals surface area contributed by atoms with Crippen molar-refractivity contribution in [1.82, 2.24) is 5.32 Å². The number of carboxylic acid groups (broad SMARTS) is 1. The summed E-state index contributed by atoms with van der Waals surface area (Å²) in [7, 11) is 0. The minimum absolute atomic E-state index is 0.307. The van der Waals surface area contributed by atoms with Crippen molar-refractivity contribution in [2.24, 2.45) is 0 Å². The molecular weight excluding hydrogens is 286 g/mol. The zero-order valence-corrected chi connectivity index (χ0v) is 12.5. The monoisotopic (exact) mass is 307 g/mol. The summed E-state index contributed by atoms with van der Waals surface area (Å²) in [6, 6.07) is 6.86. The van der Waals surface area contributed by atoms with Crippen molar-refractivity contribution in [3.63, 3.8) is 0 Å². The van der Waals surface area contributed by atoms with E-state index >= 15 is 0 Å². The second-order valence-electron chi connectivity index (χ2n) is 5.24. The number of rotatable bonds is 5. The van der Waals surface area contributed by atoms with Crippen LogP contribution in [0.25, 0.3) is 0 Å². The number of ether oxygens (including phenoxy) is 1. The maximum absolute atomic E-state index is 12.0. The van der Waals surface area contributed by atoms with Gasteiger partial charge < -0.3 is 25.8 Å². The van der Waals surface area contributed by atoms with E-state index in [9.17, 15) is 9.59 Å². The van der Waals surface area contributed by atoms with Crippen LogP contribution in [0.1, 0.15) is 19.8 Å². The number of hydrogen-bond donors (Lipinski definition) is 4. The summed E-state index contributed by atoms with van der Waals surface area (Å²) in [5, 5.41) is 16.9. The molecule has 0 unspecified atom stereocenters. The molecular formula is C15H21N3O4. The summed E-state index contributed by atoms with van der Waals surface area (Å²) in [6.45, 7) is 2.95. The summed E-state index contributed by atoms with van der Waals surface area (Å²) < 4.78 is 5.33. The molecule has 4 N–H and O–H groups in total. The van der Waals surface area contributed by atoms with Crippen LogP contribution in [0.15, 0.2) is 24.3 Å². The predicted octanol–water partition coefficient (Wildman–Crippen LogP) is 1.87. The molecule has 1 fully saturated rings. The molecule has 0 radical (unpaired) electrons. The molecule has 1 aliphatic rings. The fraction of sp³-hybridized carbons (Fsp3) is 0.467. The maximum atomic E-state index is 12.0. The van der Waals surface area contributed by atoms with Crippen LogP contribution < -0.4 is 16.0 Å². The highest BCUT2D eigenvalue weighted by atomic mass is 16.5. The molecule has 0 saturated carbocycles. The summed E-state index contributed by atoms with van der Waals surface area (Å²) in [6.07, 6.45) is 0.606. The molecule has 0 aliphatic carbocycles. The van der Waals surface area contributed by atoms with E-state index in [1.807, 2.05) is 18.2 Å². The molecule has 0 spiro atoms. The first-order valence-electron chi connectivity index (χ1n) is 7.30. The fourth-order valence-electron chi connectivity index (χ4n) is 2.27. The average Bonchev–Trinajstić information content (AvgIpc) is 2.49. The minimum Gasteiger partial charge on any atom is -0.465 e. The third kappa shape index (κ3) is 4.63. The van der Waals surface area contributed by atoms with Crippen LogP contribution in [0.5, 0.6) is 0 Å². The van der Waals surface area contributed by atoms with Gasteiger partial charge in [-0.05, 0) is 31.9 Å². The van der Waals surface area contributed by atoms with Crippen LogP contribution in [0.2, 0.25) is 0 Å². The van der Waals surface area contributed by atoms with Crippen LogP contribution in [-0.4, -0.2) is 42.4 Å². The second kappa shape index (κ2) is 7.65. The lowest BCUT2D eigenvalue weighted by molar-refractivity contribution is -0.117. The standard InChI is InChI=1S/C15H21N3O4/c1-10(16-15(20)21)14(19)18-13-5-3-2-4-12(13)17-11-6-8-22-9-7-11/h2-5,10-11,16-17H,6-9H2,1H3,(H,18,19)(H,20,21)/t10-/m0/s1. The van der Waals surface area contributed by atoms with Gasteiger partial charge >= 0.3 is 6.09 Å².